The van der Waals surface area contributed by atoms with Gasteiger partial charge in [0.1, 0.15) is 0 Å². The summed E-state index contributed by atoms with van der Waals surface area (Å²) in [6.45, 7) is 0.784. The number of carbonyl (C=O) groups is 1. The number of hydrogen-bond donors (Lipinski definition) is 0. The Morgan fingerprint density at radius 3 is 2.67 bits per heavy atom. The van der Waals surface area contributed by atoms with E-state index >= 15 is 0 Å². The van der Waals surface area contributed by atoms with E-state index in [0.29, 0.717) is 10.6 Å². The van der Waals surface area contributed by atoms with Crippen molar-refractivity contribution in [3.05, 3.63) is 33.3 Å². The molecule has 0 unspecified atom stereocenters. The maximum atomic E-state index is 12.1. The fourth-order valence-electron chi connectivity index (χ4n) is 1.57. The van der Waals surface area contributed by atoms with Gasteiger partial charge in [0.05, 0.1) is 5.02 Å². The first kappa shape index (κ1) is 16.0. The SMILES string of the molecule is CN(CCCCCBr)C(=O)c1ccc(Cl)c(Br)c1. The van der Waals surface area contributed by atoms with Crippen molar-refractivity contribution in [2.75, 3.05) is 18.9 Å². The molecule has 18 heavy (non-hydrogen) atoms. The fourth-order valence-corrected chi connectivity index (χ4v) is 2.46. The lowest BCUT2D eigenvalue weighted by atomic mass is 10.2. The Morgan fingerprint density at radius 2 is 2.06 bits per heavy atom. The summed E-state index contributed by atoms with van der Waals surface area (Å²) in [6, 6.07) is 5.25. The van der Waals surface area contributed by atoms with Gasteiger partial charge >= 0.3 is 0 Å². The van der Waals surface area contributed by atoms with Crippen molar-refractivity contribution >= 4 is 49.4 Å². The van der Waals surface area contributed by atoms with E-state index in [0.717, 1.165) is 35.6 Å². The van der Waals surface area contributed by atoms with Gasteiger partial charge in [-0.15, -0.1) is 0 Å². The fraction of sp³-hybridized carbons (Fsp3) is 0.462. The number of unbranched alkanes of at least 4 members (excludes halogenated alkanes) is 2. The molecule has 1 amide bonds. The molecule has 0 aromatic heterocycles. The molecule has 0 N–H and O–H groups in total. The first-order valence-corrected chi connectivity index (χ1v) is 8.12. The number of rotatable bonds is 6. The van der Waals surface area contributed by atoms with Gasteiger partial charge in [-0.2, -0.15) is 0 Å². The Labute approximate surface area is 130 Å². The van der Waals surface area contributed by atoms with Gasteiger partial charge in [0, 0.05) is 29.0 Å². The van der Waals surface area contributed by atoms with Crippen LogP contribution >= 0.6 is 43.5 Å². The lowest BCUT2D eigenvalue weighted by Crippen LogP contribution is -2.27. The van der Waals surface area contributed by atoms with Crippen molar-refractivity contribution in [3.8, 4) is 0 Å². The first-order valence-electron chi connectivity index (χ1n) is 5.82. The number of halogens is 3. The van der Waals surface area contributed by atoms with E-state index < -0.39 is 0 Å². The Morgan fingerprint density at radius 1 is 1.33 bits per heavy atom. The van der Waals surface area contributed by atoms with Gasteiger partial charge in [-0.1, -0.05) is 34.0 Å². The van der Waals surface area contributed by atoms with Crippen LogP contribution < -0.4 is 0 Å². The van der Waals surface area contributed by atoms with Crippen LogP contribution in [0.25, 0.3) is 0 Å². The standard InChI is InChI=1S/C13H16Br2ClNO/c1-17(8-4-2-3-7-14)13(18)10-5-6-12(16)11(15)9-10/h5-6,9H,2-4,7-8H2,1H3. The van der Waals surface area contributed by atoms with E-state index in [2.05, 4.69) is 31.9 Å². The van der Waals surface area contributed by atoms with Gasteiger partial charge in [0.15, 0.2) is 0 Å². The predicted octanol–water partition coefficient (Wildman–Crippen LogP) is 4.74. The normalized spacial score (nSPS) is 10.4. The minimum atomic E-state index is 0.0335. The lowest BCUT2D eigenvalue weighted by molar-refractivity contribution is 0.0792. The van der Waals surface area contributed by atoms with Gasteiger partial charge in [-0.3, -0.25) is 4.79 Å². The van der Waals surface area contributed by atoms with Crippen LogP contribution in [0.2, 0.25) is 5.02 Å². The molecule has 0 spiro atoms. The maximum Gasteiger partial charge on any atom is 0.253 e. The van der Waals surface area contributed by atoms with E-state index in [1.807, 2.05) is 7.05 Å². The number of alkyl halides is 1. The molecule has 0 aliphatic rings. The van der Waals surface area contributed by atoms with Crippen LogP contribution in [0.4, 0.5) is 0 Å². The number of hydrogen-bond acceptors (Lipinski definition) is 1. The van der Waals surface area contributed by atoms with Crippen LogP contribution in [0.5, 0.6) is 0 Å². The molecule has 0 fully saturated rings. The molecule has 0 aliphatic carbocycles. The topological polar surface area (TPSA) is 20.3 Å². The molecule has 0 atom stereocenters. The molecule has 2 nitrogen and oxygen atoms in total. The minimum Gasteiger partial charge on any atom is -0.342 e. The molecular formula is C13H16Br2ClNO. The summed E-state index contributed by atoms with van der Waals surface area (Å²) in [6.07, 6.45) is 3.31. The molecule has 1 aromatic rings. The van der Waals surface area contributed by atoms with Crippen molar-refractivity contribution < 1.29 is 4.79 Å². The monoisotopic (exact) mass is 395 g/mol. The highest BCUT2D eigenvalue weighted by atomic mass is 79.9. The average molecular weight is 398 g/mol. The average Bonchev–Trinajstić information content (AvgIpc) is 2.37. The predicted molar refractivity (Wildman–Crippen MR) is 83.8 cm³/mol. The van der Waals surface area contributed by atoms with Crippen molar-refractivity contribution in [1.82, 2.24) is 4.90 Å². The van der Waals surface area contributed by atoms with Gasteiger partial charge < -0.3 is 4.90 Å². The summed E-state index contributed by atoms with van der Waals surface area (Å²) in [5.41, 5.74) is 0.661. The molecule has 0 radical (unpaired) electrons. The third-order valence-corrected chi connectivity index (χ3v) is 4.42. The Hall–Kier alpha value is -0.0600. The molecule has 0 heterocycles. The van der Waals surface area contributed by atoms with Crippen LogP contribution in [0.15, 0.2) is 22.7 Å². The molecule has 0 bridgehead atoms. The molecule has 0 saturated carbocycles. The Bertz CT molecular complexity index is 412. The van der Waals surface area contributed by atoms with E-state index in [9.17, 15) is 4.79 Å². The summed E-state index contributed by atoms with van der Waals surface area (Å²) in [5, 5.41) is 1.64. The van der Waals surface area contributed by atoms with E-state index in [1.54, 1.807) is 23.1 Å². The van der Waals surface area contributed by atoms with Crippen molar-refractivity contribution in [1.29, 1.82) is 0 Å². The van der Waals surface area contributed by atoms with Gasteiger partial charge in [-0.25, -0.2) is 0 Å². The highest BCUT2D eigenvalue weighted by Crippen LogP contribution is 2.23. The highest BCUT2D eigenvalue weighted by Gasteiger charge is 2.12. The van der Waals surface area contributed by atoms with Crippen molar-refractivity contribution in [2.45, 2.75) is 19.3 Å². The number of amides is 1. The highest BCUT2D eigenvalue weighted by molar-refractivity contribution is 9.10. The van der Waals surface area contributed by atoms with Crippen LogP contribution in [0.3, 0.4) is 0 Å². The van der Waals surface area contributed by atoms with Crippen LogP contribution in [0.1, 0.15) is 29.6 Å². The first-order chi connectivity index (χ1) is 8.56. The zero-order valence-electron chi connectivity index (χ0n) is 10.3. The second-order valence-electron chi connectivity index (χ2n) is 4.11. The zero-order valence-corrected chi connectivity index (χ0v) is 14.2. The van der Waals surface area contributed by atoms with Crippen LogP contribution in [-0.4, -0.2) is 29.7 Å². The quantitative estimate of drug-likeness (QED) is 0.502. The summed E-state index contributed by atoms with van der Waals surface area (Å²) in [5.74, 6) is 0.0335. The smallest absolute Gasteiger partial charge is 0.253 e. The van der Waals surface area contributed by atoms with Crippen molar-refractivity contribution in [3.63, 3.8) is 0 Å². The largest absolute Gasteiger partial charge is 0.342 e. The number of carbonyl (C=O) groups excluding carboxylic acids is 1. The molecule has 1 rings (SSSR count). The van der Waals surface area contributed by atoms with E-state index in [-0.39, 0.29) is 5.91 Å². The minimum absolute atomic E-state index is 0.0335. The second kappa shape index (κ2) is 8.18. The zero-order chi connectivity index (χ0) is 13.5. The Kier molecular flexibility index (Phi) is 7.27. The van der Waals surface area contributed by atoms with Crippen molar-refractivity contribution in [2.24, 2.45) is 0 Å². The second-order valence-corrected chi connectivity index (χ2v) is 6.16. The van der Waals surface area contributed by atoms with E-state index in [4.69, 9.17) is 11.6 Å². The number of benzene rings is 1. The third kappa shape index (κ3) is 4.90. The Balaban J connectivity index is 2.54. The number of nitrogens with zero attached hydrogens (tertiary/aromatic N) is 1. The maximum absolute atomic E-state index is 12.1. The molecule has 1 aromatic carbocycles. The van der Waals surface area contributed by atoms with Gasteiger partial charge in [-0.05, 0) is 47.0 Å². The molecular weight excluding hydrogens is 381 g/mol. The molecule has 0 saturated heterocycles. The summed E-state index contributed by atoms with van der Waals surface area (Å²) < 4.78 is 0.753. The lowest BCUT2D eigenvalue weighted by Gasteiger charge is -2.17. The summed E-state index contributed by atoms with van der Waals surface area (Å²) in [4.78, 5) is 13.9. The molecule has 5 heteroatoms. The summed E-state index contributed by atoms with van der Waals surface area (Å²) in [7, 11) is 1.83. The third-order valence-electron chi connectivity index (χ3n) is 2.64. The van der Waals surface area contributed by atoms with E-state index in [1.165, 1.54) is 0 Å². The molecule has 0 aliphatic heterocycles. The van der Waals surface area contributed by atoms with Gasteiger partial charge in [0.25, 0.3) is 5.91 Å². The van der Waals surface area contributed by atoms with Gasteiger partial charge in [0.2, 0.25) is 0 Å². The van der Waals surface area contributed by atoms with Crippen LogP contribution in [-0.2, 0) is 0 Å². The summed E-state index contributed by atoms with van der Waals surface area (Å²) >= 11 is 12.6. The van der Waals surface area contributed by atoms with Crippen LogP contribution in [0, 0.1) is 0 Å². The molecule has 100 valence electrons.